The Hall–Kier alpha value is -4.11. The maximum atomic E-state index is 14.0. The highest BCUT2D eigenvalue weighted by Gasteiger charge is 2.30. The molecule has 2 aromatic carbocycles. The Labute approximate surface area is 210 Å². The van der Waals surface area contributed by atoms with Crippen molar-refractivity contribution < 1.29 is 13.9 Å². The number of carbonyl (C=O) groups is 1. The summed E-state index contributed by atoms with van der Waals surface area (Å²) in [6.45, 7) is 4.56. The molecule has 1 atom stereocenters. The molecule has 4 aromatic rings. The second kappa shape index (κ2) is 9.50. The third kappa shape index (κ3) is 4.11. The minimum absolute atomic E-state index is 0.107. The van der Waals surface area contributed by atoms with E-state index < -0.39 is 11.4 Å². The fraction of sp³-hybridized carbons (Fsp3) is 0.192. The van der Waals surface area contributed by atoms with Crippen LogP contribution in [0.2, 0.25) is 5.15 Å². The van der Waals surface area contributed by atoms with Gasteiger partial charge in [-0.15, -0.1) is 0 Å². The molecular weight excluding hydrogens is 485 g/mol. The molecule has 36 heavy (non-hydrogen) atoms. The number of hydrogen-bond donors (Lipinski definition) is 2. The molecule has 8 nitrogen and oxygen atoms in total. The van der Waals surface area contributed by atoms with Crippen LogP contribution in [-0.4, -0.2) is 38.7 Å². The van der Waals surface area contributed by atoms with E-state index in [-0.39, 0.29) is 23.5 Å². The minimum Gasteiger partial charge on any atom is -0.454 e. The number of H-pyrrole nitrogens is 1. The van der Waals surface area contributed by atoms with Gasteiger partial charge in [0.1, 0.15) is 16.4 Å². The first-order valence-electron chi connectivity index (χ1n) is 11.4. The molecule has 1 saturated heterocycles. The number of para-hydroxylation sites is 1. The maximum Gasteiger partial charge on any atom is 0.288 e. The Kier molecular flexibility index (Phi) is 6.24. The number of hydrogen-bond acceptors (Lipinski definition) is 5. The average molecular weight is 508 g/mol. The number of aromatic amines is 1. The van der Waals surface area contributed by atoms with Crippen molar-refractivity contribution in [1.82, 2.24) is 19.7 Å². The van der Waals surface area contributed by atoms with E-state index in [1.807, 2.05) is 0 Å². The number of anilines is 1. The van der Waals surface area contributed by atoms with Crippen molar-refractivity contribution in [3.8, 4) is 22.6 Å². The summed E-state index contributed by atoms with van der Waals surface area (Å²) >= 11 is 6.94. The van der Waals surface area contributed by atoms with Crippen molar-refractivity contribution in [1.29, 1.82) is 0 Å². The third-order valence-corrected chi connectivity index (χ3v) is 6.72. The van der Waals surface area contributed by atoms with Gasteiger partial charge in [0.25, 0.3) is 5.56 Å². The van der Waals surface area contributed by atoms with Gasteiger partial charge in [-0.05, 0) is 48.7 Å². The van der Waals surface area contributed by atoms with Crippen molar-refractivity contribution in [2.75, 3.05) is 18.8 Å². The zero-order valence-electron chi connectivity index (χ0n) is 19.2. The van der Waals surface area contributed by atoms with Crippen LogP contribution in [-0.2, 0) is 4.79 Å². The molecule has 1 aliphatic heterocycles. The first kappa shape index (κ1) is 23.6. The topological polar surface area (TPSA) is 106 Å². The molecule has 0 radical (unpaired) electrons. The molecule has 0 bridgehead atoms. The molecule has 10 heteroatoms. The highest BCUT2D eigenvalue weighted by molar-refractivity contribution is 6.35. The maximum absolute atomic E-state index is 14.0. The van der Waals surface area contributed by atoms with E-state index in [2.05, 4.69) is 16.8 Å². The number of nitrogens with zero attached hydrogens (tertiary/aromatic N) is 3. The number of halogens is 2. The van der Waals surface area contributed by atoms with E-state index in [0.29, 0.717) is 46.0 Å². The van der Waals surface area contributed by atoms with E-state index in [1.54, 1.807) is 45.9 Å². The van der Waals surface area contributed by atoms with Gasteiger partial charge < -0.3 is 19.9 Å². The Morgan fingerprint density at radius 1 is 1.25 bits per heavy atom. The van der Waals surface area contributed by atoms with Crippen LogP contribution >= 0.6 is 11.6 Å². The predicted molar refractivity (Wildman–Crippen MR) is 137 cm³/mol. The average Bonchev–Trinajstić information content (AvgIpc) is 3.21. The van der Waals surface area contributed by atoms with Gasteiger partial charge in [0.15, 0.2) is 17.4 Å². The molecule has 0 spiro atoms. The summed E-state index contributed by atoms with van der Waals surface area (Å²) in [7, 11) is 0. The molecule has 3 N–H and O–H groups in total. The van der Waals surface area contributed by atoms with Gasteiger partial charge in [-0.2, -0.15) is 5.10 Å². The summed E-state index contributed by atoms with van der Waals surface area (Å²) in [6, 6.07) is 12.8. The molecule has 0 aliphatic carbocycles. The first-order chi connectivity index (χ1) is 17.4. The molecule has 3 heterocycles. The number of nitrogens with one attached hydrogen (secondary N) is 1. The van der Waals surface area contributed by atoms with Gasteiger partial charge in [0.2, 0.25) is 5.91 Å². The van der Waals surface area contributed by atoms with Crippen molar-refractivity contribution in [2.24, 2.45) is 0 Å². The number of nitrogen functional groups attached to an aromatic ring is 1. The number of ether oxygens (including phenoxy) is 1. The Bertz CT molecular complexity index is 1530. The van der Waals surface area contributed by atoms with E-state index >= 15 is 0 Å². The highest BCUT2D eigenvalue weighted by atomic mass is 35.5. The van der Waals surface area contributed by atoms with Gasteiger partial charge >= 0.3 is 0 Å². The van der Waals surface area contributed by atoms with Crippen LogP contribution in [0.1, 0.15) is 18.9 Å². The number of fused-ring (bicyclic) bond motifs is 1. The fourth-order valence-corrected chi connectivity index (χ4v) is 5.12. The van der Waals surface area contributed by atoms with Crippen molar-refractivity contribution >= 4 is 34.2 Å². The SMILES string of the molecule is C=CC(=O)N1CCCC(n2c(Cl)c(-c3ccc(Oc4ccccc4F)cc3)c3c(N)n[nH]c(=O)c32)C1. The van der Waals surface area contributed by atoms with Crippen LogP contribution in [0.25, 0.3) is 22.0 Å². The number of benzene rings is 2. The van der Waals surface area contributed by atoms with Gasteiger partial charge in [-0.3, -0.25) is 9.59 Å². The lowest BCUT2D eigenvalue weighted by atomic mass is 10.1. The van der Waals surface area contributed by atoms with Gasteiger partial charge in [-0.1, -0.05) is 42.4 Å². The standard InChI is InChI=1S/C26H23ClFN5O3/c1-2-20(34)32-13-5-6-16(14-32)33-23-22(25(29)30-31-26(23)35)21(24(33)27)15-9-11-17(12-10-15)36-19-8-4-3-7-18(19)28/h2-4,7-12,16H,1,5-6,13-14H2,(H2,29,30)(H,31,35). The van der Waals surface area contributed by atoms with Crippen LogP contribution in [0, 0.1) is 5.82 Å². The zero-order chi connectivity index (χ0) is 25.4. The van der Waals surface area contributed by atoms with Crippen LogP contribution in [0.4, 0.5) is 10.2 Å². The quantitative estimate of drug-likeness (QED) is 0.373. The summed E-state index contributed by atoms with van der Waals surface area (Å²) in [4.78, 5) is 26.9. The number of aromatic nitrogens is 3. The predicted octanol–water partition coefficient (Wildman–Crippen LogP) is 4.91. The van der Waals surface area contributed by atoms with Crippen molar-refractivity contribution in [3.05, 3.63) is 82.5 Å². The van der Waals surface area contributed by atoms with Crippen LogP contribution in [0.3, 0.4) is 0 Å². The first-order valence-corrected chi connectivity index (χ1v) is 11.8. The molecule has 184 valence electrons. The highest BCUT2D eigenvalue weighted by Crippen LogP contribution is 2.42. The summed E-state index contributed by atoms with van der Waals surface area (Å²) in [6.07, 6.45) is 2.75. The Morgan fingerprint density at radius 3 is 2.72 bits per heavy atom. The number of rotatable bonds is 5. The molecule has 1 fully saturated rings. The van der Waals surface area contributed by atoms with E-state index in [1.165, 1.54) is 18.2 Å². The minimum atomic E-state index is -0.470. The summed E-state index contributed by atoms with van der Waals surface area (Å²) in [5, 5.41) is 7.14. The number of likely N-dealkylation sites (tertiary alicyclic amines) is 1. The Balaban J connectivity index is 1.59. The molecule has 0 saturated carbocycles. The van der Waals surface area contributed by atoms with Gasteiger partial charge in [-0.25, -0.2) is 9.49 Å². The normalized spacial score (nSPS) is 15.7. The second-order valence-electron chi connectivity index (χ2n) is 8.54. The van der Waals surface area contributed by atoms with Gasteiger partial charge in [0.05, 0.1) is 11.4 Å². The lowest BCUT2D eigenvalue weighted by molar-refractivity contribution is -0.127. The van der Waals surface area contributed by atoms with Crippen LogP contribution in [0.5, 0.6) is 11.5 Å². The number of nitrogens with two attached hydrogens (primary N) is 1. The fourth-order valence-electron chi connectivity index (χ4n) is 4.70. The van der Waals surface area contributed by atoms with E-state index in [9.17, 15) is 14.0 Å². The zero-order valence-corrected chi connectivity index (χ0v) is 20.0. The second-order valence-corrected chi connectivity index (χ2v) is 8.90. The van der Waals surface area contributed by atoms with Crippen molar-refractivity contribution in [3.63, 3.8) is 0 Å². The molecule has 1 unspecified atom stereocenters. The lowest BCUT2D eigenvalue weighted by Gasteiger charge is -2.33. The van der Waals surface area contributed by atoms with E-state index in [4.69, 9.17) is 22.1 Å². The van der Waals surface area contributed by atoms with E-state index in [0.717, 1.165) is 12.8 Å². The molecule has 1 amide bonds. The Morgan fingerprint density at radius 2 is 2.00 bits per heavy atom. The van der Waals surface area contributed by atoms with Gasteiger partial charge in [0, 0.05) is 18.7 Å². The smallest absolute Gasteiger partial charge is 0.288 e. The summed E-state index contributed by atoms with van der Waals surface area (Å²) in [5.41, 5.74) is 7.32. The molecule has 2 aromatic heterocycles. The summed E-state index contributed by atoms with van der Waals surface area (Å²) < 4.78 is 21.4. The van der Waals surface area contributed by atoms with Crippen LogP contribution < -0.4 is 16.0 Å². The van der Waals surface area contributed by atoms with Crippen molar-refractivity contribution in [2.45, 2.75) is 18.9 Å². The summed E-state index contributed by atoms with van der Waals surface area (Å²) in [5.74, 6) is 0.0198. The third-order valence-electron chi connectivity index (χ3n) is 6.35. The number of piperidine rings is 1. The number of amides is 1. The molecular formula is C26H23ClFN5O3. The monoisotopic (exact) mass is 507 g/mol. The molecule has 1 aliphatic rings. The largest absolute Gasteiger partial charge is 0.454 e. The lowest BCUT2D eigenvalue weighted by Crippen LogP contribution is -2.40. The van der Waals surface area contributed by atoms with Crippen LogP contribution in [0.15, 0.2) is 66.0 Å². The molecule has 5 rings (SSSR count). The number of carbonyl (C=O) groups excluding carboxylic acids is 1.